The monoisotopic (exact) mass is 576 g/mol. The van der Waals surface area contributed by atoms with Crippen molar-refractivity contribution in [3.63, 3.8) is 0 Å². The smallest absolute Gasteiger partial charge is 0.407 e. The minimum atomic E-state index is -0.737. The van der Waals surface area contributed by atoms with E-state index in [4.69, 9.17) is 9.72 Å². The van der Waals surface area contributed by atoms with Crippen molar-refractivity contribution in [1.29, 1.82) is 0 Å². The van der Waals surface area contributed by atoms with E-state index in [0.29, 0.717) is 13.0 Å². The minimum absolute atomic E-state index is 0.280. The summed E-state index contributed by atoms with van der Waals surface area (Å²) in [6.45, 7) is 2.15. The van der Waals surface area contributed by atoms with Gasteiger partial charge in [-0.05, 0) is 72.7 Å². The summed E-state index contributed by atoms with van der Waals surface area (Å²) in [6.07, 6.45) is 4.25. The average molecular weight is 577 g/mol. The summed E-state index contributed by atoms with van der Waals surface area (Å²) in [5, 5.41) is 5.67. The normalized spacial score (nSPS) is 15.7. The molecule has 1 aliphatic carbocycles. The van der Waals surface area contributed by atoms with Crippen molar-refractivity contribution in [2.75, 3.05) is 13.7 Å². The third kappa shape index (κ3) is 4.88. The third-order valence-electron chi connectivity index (χ3n) is 8.53. The molecule has 7 rings (SSSR count). The molecule has 1 atom stereocenters. The lowest BCUT2D eigenvalue weighted by Crippen LogP contribution is -2.56. The Balaban J connectivity index is 1.14. The van der Waals surface area contributed by atoms with Crippen LogP contribution in [0.3, 0.4) is 0 Å². The number of alkyl carbamates (subject to hydrolysis) is 1. The summed E-state index contributed by atoms with van der Waals surface area (Å²) in [5.74, 6) is 1.24. The molecule has 1 unspecified atom stereocenters. The molecule has 218 valence electrons. The average Bonchev–Trinajstić information content (AvgIpc) is 3.62. The number of hydrogen-bond donors (Lipinski definition) is 4. The van der Waals surface area contributed by atoms with Gasteiger partial charge in [0.05, 0.1) is 42.3 Å². The quantitative estimate of drug-likeness (QED) is 0.212. The number of fused-ring (bicyclic) bond motifs is 4. The number of nitrogens with one attached hydrogen (secondary N) is 4. The van der Waals surface area contributed by atoms with Gasteiger partial charge in [0.2, 0.25) is 5.91 Å². The van der Waals surface area contributed by atoms with Crippen molar-refractivity contribution in [3.05, 3.63) is 78.5 Å². The predicted molar refractivity (Wildman–Crippen MR) is 162 cm³/mol. The molecule has 0 bridgehead atoms. The van der Waals surface area contributed by atoms with Crippen LogP contribution in [0.15, 0.2) is 67.0 Å². The van der Waals surface area contributed by atoms with E-state index in [9.17, 15) is 9.59 Å². The molecular formula is C33H32N6O4. The summed E-state index contributed by atoms with van der Waals surface area (Å²) in [6, 6.07) is 20.2. The Morgan fingerprint density at radius 2 is 1.72 bits per heavy atom. The van der Waals surface area contributed by atoms with Crippen molar-refractivity contribution in [2.45, 2.75) is 44.2 Å². The summed E-state index contributed by atoms with van der Waals surface area (Å²) in [4.78, 5) is 40.6. The first-order chi connectivity index (χ1) is 20.9. The van der Waals surface area contributed by atoms with E-state index in [-0.39, 0.29) is 5.91 Å². The molecule has 1 fully saturated rings. The van der Waals surface area contributed by atoms with E-state index in [1.165, 1.54) is 7.11 Å². The van der Waals surface area contributed by atoms with Crippen LogP contribution in [-0.2, 0) is 21.5 Å². The molecular weight excluding hydrogens is 544 g/mol. The molecule has 10 nitrogen and oxygen atoms in total. The van der Waals surface area contributed by atoms with Crippen LogP contribution in [0, 0.1) is 0 Å². The van der Waals surface area contributed by atoms with Gasteiger partial charge in [-0.2, -0.15) is 0 Å². The number of amides is 2. The Labute approximate surface area is 248 Å². The summed E-state index contributed by atoms with van der Waals surface area (Å²) >= 11 is 0. The van der Waals surface area contributed by atoms with E-state index in [2.05, 4.69) is 84.9 Å². The van der Waals surface area contributed by atoms with E-state index >= 15 is 0 Å². The highest BCUT2D eigenvalue weighted by molar-refractivity contribution is 5.86. The Bertz CT molecular complexity index is 1840. The first kappa shape index (κ1) is 26.8. The fraction of sp³-hybridized carbons (Fsp3) is 0.273. The predicted octanol–water partition coefficient (Wildman–Crippen LogP) is 5.46. The van der Waals surface area contributed by atoms with Gasteiger partial charge in [0, 0.05) is 17.7 Å². The molecule has 5 aromatic rings. The Kier molecular flexibility index (Phi) is 6.61. The molecule has 1 aliphatic heterocycles. The molecule has 3 heterocycles. The second kappa shape index (κ2) is 10.6. The third-order valence-corrected chi connectivity index (χ3v) is 8.53. The van der Waals surface area contributed by atoms with Crippen LogP contribution in [0.4, 0.5) is 4.79 Å². The summed E-state index contributed by atoms with van der Waals surface area (Å²) < 4.78 is 10.8. The number of hydrogen-bond acceptors (Lipinski definition) is 6. The number of imidazole rings is 2. The van der Waals surface area contributed by atoms with Gasteiger partial charge in [0.15, 0.2) is 0 Å². The maximum absolute atomic E-state index is 12.9. The van der Waals surface area contributed by atoms with Gasteiger partial charge in [-0.25, -0.2) is 14.8 Å². The second-order valence-electron chi connectivity index (χ2n) is 11.2. The number of aromatic nitrogens is 4. The first-order valence-corrected chi connectivity index (χ1v) is 14.5. The van der Waals surface area contributed by atoms with Crippen LogP contribution in [-0.4, -0.2) is 51.7 Å². The number of H-pyrrole nitrogens is 2. The lowest BCUT2D eigenvalue weighted by atomic mass is 9.76. The number of rotatable bonds is 6. The number of ether oxygens (including phenoxy) is 2. The van der Waals surface area contributed by atoms with Gasteiger partial charge in [-0.15, -0.1) is 0 Å². The molecule has 1 saturated carbocycles. The van der Waals surface area contributed by atoms with Crippen molar-refractivity contribution in [2.24, 2.45) is 0 Å². The molecule has 2 aromatic heterocycles. The maximum atomic E-state index is 12.9. The molecule has 2 aliphatic rings. The molecule has 0 spiro atoms. The van der Waals surface area contributed by atoms with Crippen LogP contribution in [0.25, 0.3) is 44.5 Å². The number of carbonyl (C=O) groups is 2. The van der Waals surface area contributed by atoms with Crippen LogP contribution < -0.4 is 15.4 Å². The second-order valence-corrected chi connectivity index (χ2v) is 11.2. The van der Waals surface area contributed by atoms with Crippen LogP contribution in [0.1, 0.15) is 37.7 Å². The van der Waals surface area contributed by atoms with Crippen molar-refractivity contribution in [3.8, 4) is 39.3 Å². The molecule has 0 radical (unpaired) electrons. The standard InChI is InChI=1S/C33H32N6O4/c1-19(36-32(41)42-2)30(40)39-33(13-3-14-33)31-37-26-12-15-43-28-17-23(8-10-24(28)29(26)38-31)21-6-4-20(5-7-21)22-9-11-25-27(16-22)35-18-34-25/h4-11,16-19H,3,12-15H2,1-2H3,(H,34,35)(H,36,41)(H,37,38)(H,39,40). The Morgan fingerprint density at radius 1 is 1.00 bits per heavy atom. The zero-order valence-corrected chi connectivity index (χ0v) is 24.0. The van der Waals surface area contributed by atoms with E-state index < -0.39 is 17.7 Å². The number of nitrogens with zero attached hydrogens (tertiary/aromatic N) is 2. The SMILES string of the molecule is COC(=O)NC(C)C(=O)NC1(c2nc3c([nH]2)CCOc2cc(-c4ccc(-c5ccc6nc[nH]c6c5)cc4)ccc2-3)CCC1. The fourth-order valence-corrected chi connectivity index (χ4v) is 5.89. The van der Waals surface area contributed by atoms with Gasteiger partial charge in [-0.1, -0.05) is 36.4 Å². The number of methoxy groups -OCH3 is 1. The number of benzene rings is 3. The fourth-order valence-electron chi connectivity index (χ4n) is 5.89. The summed E-state index contributed by atoms with van der Waals surface area (Å²) in [5.41, 5.74) is 8.54. The lowest BCUT2D eigenvalue weighted by molar-refractivity contribution is -0.126. The van der Waals surface area contributed by atoms with Gasteiger partial charge in [-0.3, -0.25) is 4.79 Å². The van der Waals surface area contributed by atoms with Crippen molar-refractivity contribution >= 4 is 23.0 Å². The molecule has 10 heteroatoms. The Hall–Kier alpha value is -5.12. The van der Waals surface area contributed by atoms with Crippen LogP contribution in [0.5, 0.6) is 5.75 Å². The van der Waals surface area contributed by atoms with Gasteiger partial charge in [0.1, 0.15) is 17.6 Å². The van der Waals surface area contributed by atoms with E-state index in [0.717, 1.165) is 81.1 Å². The molecule has 43 heavy (non-hydrogen) atoms. The summed E-state index contributed by atoms with van der Waals surface area (Å²) in [7, 11) is 1.27. The molecule has 3 aromatic carbocycles. The molecule has 2 amide bonds. The number of carbonyl (C=O) groups excluding carboxylic acids is 2. The number of aromatic amines is 2. The van der Waals surface area contributed by atoms with Crippen LogP contribution in [0.2, 0.25) is 0 Å². The highest BCUT2D eigenvalue weighted by Crippen LogP contribution is 2.43. The highest BCUT2D eigenvalue weighted by Gasteiger charge is 2.44. The maximum Gasteiger partial charge on any atom is 0.407 e. The highest BCUT2D eigenvalue weighted by atomic mass is 16.5. The first-order valence-electron chi connectivity index (χ1n) is 14.5. The topological polar surface area (TPSA) is 134 Å². The molecule has 0 saturated heterocycles. The van der Waals surface area contributed by atoms with Crippen molar-refractivity contribution < 1.29 is 19.1 Å². The lowest BCUT2D eigenvalue weighted by Gasteiger charge is -2.41. The van der Waals surface area contributed by atoms with Crippen LogP contribution >= 0.6 is 0 Å². The largest absolute Gasteiger partial charge is 0.492 e. The van der Waals surface area contributed by atoms with E-state index in [1.54, 1.807) is 13.3 Å². The zero-order chi connectivity index (χ0) is 29.6. The molecule has 4 N–H and O–H groups in total. The Morgan fingerprint density at radius 3 is 2.44 bits per heavy atom. The van der Waals surface area contributed by atoms with Crippen molar-refractivity contribution in [1.82, 2.24) is 30.6 Å². The zero-order valence-electron chi connectivity index (χ0n) is 24.0. The van der Waals surface area contributed by atoms with Gasteiger partial charge < -0.3 is 30.1 Å². The van der Waals surface area contributed by atoms with E-state index in [1.807, 2.05) is 6.07 Å². The van der Waals surface area contributed by atoms with Gasteiger partial charge >= 0.3 is 6.09 Å². The van der Waals surface area contributed by atoms with Gasteiger partial charge in [0.25, 0.3) is 0 Å². The minimum Gasteiger partial charge on any atom is -0.492 e.